The lowest BCUT2D eigenvalue weighted by Crippen LogP contribution is -2.32. The van der Waals surface area contributed by atoms with Crippen LogP contribution in [0.1, 0.15) is 35.3 Å². The molecule has 3 aromatic rings. The Kier molecular flexibility index (Phi) is 4.42. The molecule has 2 N–H and O–H groups in total. The number of hydrogen-bond donors (Lipinski definition) is 2. The number of para-hydroxylation sites is 2. The molecule has 0 bridgehead atoms. The van der Waals surface area contributed by atoms with E-state index in [0.29, 0.717) is 6.54 Å². The maximum absolute atomic E-state index is 12.7. The van der Waals surface area contributed by atoms with Crippen molar-refractivity contribution in [2.75, 3.05) is 6.54 Å². The fraction of sp³-hybridized carbons (Fsp3) is 0.350. The second-order valence-electron chi connectivity index (χ2n) is 6.79. The molecule has 0 unspecified atom stereocenters. The highest BCUT2D eigenvalue weighted by Gasteiger charge is 2.19. The Morgan fingerprint density at radius 3 is 3.08 bits per heavy atom. The number of aryl methyl sites for hydroxylation is 1. The summed E-state index contributed by atoms with van der Waals surface area (Å²) in [6.07, 6.45) is 4.66. The standard InChI is InChI=1S/C20H23N5O/c1-13-17(16-7-8-21-9-15(16)10-22-13)11-23-20(26)14(2)25-12-24-18-5-3-4-6-19(18)25/h3-6,10,12,14,21H,7-9,11H2,1-2H3,(H,23,26)/t14-/m1/s1. The van der Waals surface area contributed by atoms with E-state index in [4.69, 9.17) is 0 Å². The molecule has 3 heterocycles. The van der Waals surface area contributed by atoms with Gasteiger partial charge in [-0.1, -0.05) is 12.1 Å². The van der Waals surface area contributed by atoms with Crippen LogP contribution in [0.3, 0.4) is 0 Å². The maximum atomic E-state index is 12.7. The van der Waals surface area contributed by atoms with Crippen LogP contribution < -0.4 is 10.6 Å². The molecule has 6 nitrogen and oxygen atoms in total. The fourth-order valence-electron chi connectivity index (χ4n) is 3.61. The van der Waals surface area contributed by atoms with Crippen LogP contribution in [0.5, 0.6) is 0 Å². The SMILES string of the molecule is Cc1ncc2c(c1CNC(=O)[C@@H](C)n1cnc3ccccc31)CCNC2. The zero-order valence-electron chi connectivity index (χ0n) is 15.1. The second-order valence-corrected chi connectivity index (χ2v) is 6.79. The lowest BCUT2D eigenvalue weighted by molar-refractivity contribution is -0.123. The van der Waals surface area contributed by atoms with Crippen molar-refractivity contribution >= 4 is 16.9 Å². The monoisotopic (exact) mass is 349 g/mol. The summed E-state index contributed by atoms with van der Waals surface area (Å²) < 4.78 is 1.92. The average molecular weight is 349 g/mol. The molecule has 1 aliphatic heterocycles. The summed E-state index contributed by atoms with van der Waals surface area (Å²) >= 11 is 0. The van der Waals surface area contributed by atoms with Crippen LogP contribution in [0.25, 0.3) is 11.0 Å². The predicted octanol–water partition coefficient (Wildman–Crippen LogP) is 2.26. The van der Waals surface area contributed by atoms with E-state index in [9.17, 15) is 4.79 Å². The number of carbonyl (C=O) groups is 1. The fourth-order valence-corrected chi connectivity index (χ4v) is 3.61. The molecule has 26 heavy (non-hydrogen) atoms. The van der Waals surface area contributed by atoms with Crippen molar-refractivity contribution in [1.29, 1.82) is 0 Å². The first kappa shape index (κ1) is 16.7. The quantitative estimate of drug-likeness (QED) is 0.758. The van der Waals surface area contributed by atoms with Crippen LogP contribution in [-0.2, 0) is 24.3 Å². The molecule has 1 atom stereocenters. The zero-order chi connectivity index (χ0) is 18.1. The Labute approximate surface area is 152 Å². The molecule has 0 saturated heterocycles. The van der Waals surface area contributed by atoms with Gasteiger partial charge < -0.3 is 15.2 Å². The molecule has 1 aliphatic rings. The molecule has 0 fully saturated rings. The van der Waals surface area contributed by atoms with Gasteiger partial charge >= 0.3 is 0 Å². The Balaban J connectivity index is 1.52. The van der Waals surface area contributed by atoms with Gasteiger partial charge in [0.2, 0.25) is 5.91 Å². The zero-order valence-corrected chi connectivity index (χ0v) is 15.1. The molecule has 0 saturated carbocycles. The molecular formula is C20H23N5O. The summed E-state index contributed by atoms with van der Waals surface area (Å²) in [7, 11) is 0. The van der Waals surface area contributed by atoms with Crippen LogP contribution in [0.15, 0.2) is 36.8 Å². The highest BCUT2D eigenvalue weighted by molar-refractivity contribution is 5.83. The number of benzene rings is 1. The molecule has 134 valence electrons. The van der Waals surface area contributed by atoms with Gasteiger partial charge in [-0.15, -0.1) is 0 Å². The number of nitrogens with one attached hydrogen (secondary N) is 2. The van der Waals surface area contributed by atoms with Crippen molar-refractivity contribution in [2.24, 2.45) is 0 Å². The van der Waals surface area contributed by atoms with E-state index in [1.807, 2.05) is 48.9 Å². The van der Waals surface area contributed by atoms with Crippen molar-refractivity contribution in [2.45, 2.75) is 39.4 Å². The van der Waals surface area contributed by atoms with Gasteiger partial charge in [-0.3, -0.25) is 9.78 Å². The highest BCUT2D eigenvalue weighted by Crippen LogP contribution is 2.21. The number of aromatic nitrogens is 3. The third kappa shape index (κ3) is 2.97. The molecule has 0 aliphatic carbocycles. The summed E-state index contributed by atoms with van der Waals surface area (Å²) in [5.41, 5.74) is 6.58. The molecule has 2 aromatic heterocycles. The number of nitrogens with zero attached hydrogens (tertiary/aromatic N) is 3. The van der Waals surface area contributed by atoms with Crippen molar-refractivity contribution < 1.29 is 4.79 Å². The van der Waals surface area contributed by atoms with E-state index in [1.165, 1.54) is 11.1 Å². The smallest absolute Gasteiger partial charge is 0.243 e. The van der Waals surface area contributed by atoms with Gasteiger partial charge in [0, 0.05) is 25.0 Å². The second kappa shape index (κ2) is 6.88. The molecule has 4 rings (SSSR count). The van der Waals surface area contributed by atoms with Crippen LogP contribution in [-0.4, -0.2) is 27.0 Å². The van der Waals surface area contributed by atoms with E-state index in [1.54, 1.807) is 6.33 Å². The molecule has 0 radical (unpaired) electrons. The Morgan fingerprint density at radius 2 is 2.19 bits per heavy atom. The third-order valence-electron chi connectivity index (χ3n) is 5.19. The van der Waals surface area contributed by atoms with Gasteiger partial charge in [0.1, 0.15) is 6.04 Å². The Bertz CT molecular complexity index is 962. The van der Waals surface area contributed by atoms with Gasteiger partial charge in [-0.25, -0.2) is 4.98 Å². The van der Waals surface area contributed by atoms with Crippen LogP contribution in [0.4, 0.5) is 0 Å². The molecule has 1 aromatic carbocycles. The van der Waals surface area contributed by atoms with Crippen molar-refractivity contribution in [3.05, 3.63) is 59.2 Å². The molecular weight excluding hydrogens is 326 g/mol. The van der Waals surface area contributed by atoms with Crippen LogP contribution in [0, 0.1) is 6.92 Å². The van der Waals surface area contributed by atoms with E-state index < -0.39 is 0 Å². The van der Waals surface area contributed by atoms with E-state index in [-0.39, 0.29) is 11.9 Å². The number of hydrogen-bond acceptors (Lipinski definition) is 4. The Hall–Kier alpha value is -2.73. The summed E-state index contributed by atoms with van der Waals surface area (Å²) in [4.78, 5) is 21.6. The summed E-state index contributed by atoms with van der Waals surface area (Å²) in [5.74, 6) is -0.0147. The van der Waals surface area contributed by atoms with Crippen LogP contribution in [0.2, 0.25) is 0 Å². The van der Waals surface area contributed by atoms with Gasteiger partial charge in [-0.2, -0.15) is 0 Å². The number of rotatable bonds is 4. The normalized spacial score (nSPS) is 14.8. The van der Waals surface area contributed by atoms with Crippen LogP contribution >= 0.6 is 0 Å². The first-order valence-corrected chi connectivity index (χ1v) is 9.01. The van der Waals surface area contributed by atoms with Crippen molar-refractivity contribution in [3.8, 4) is 0 Å². The highest BCUT2D eigenvalue weighted by atomic mass is 16.2. The number of imidazole rings is 1. The minimum Gasteiger partial charge on any atom is -0.350 e. The van der Waals surface area contributed by atoms with Crippen molar-refractivity contribution in [1.82, 2.24) is 25.2 Å². The number of fused-ring (bicyclic) bond motifs is 2. The third-order valence-corrected chi connectivity index (χ3v) is 5.19. The summed E-state index contributed by atoms with van der Waals surface area (Å²) in [6.45, 7) is 6.24. The number of amides is 1. The van der Waals surface area contributed by atoms with Gasteiger partial charge in [0.15, 0.2) is 0 Å². The van der Waals surface area contributed by atoms with E-state index in [0.717, 1.165) is 41.8 Å². The average Bonchev–Trinajstić information content (AvgIpc) is 3.10. The summed E-state index contributed by atoms with van der Waals surface area (Å²) in [5, 5.41) is 6.46. The largest absolute Gasteiger partial charge is 0.350 e. The molecule has 1 amide bonds. The van der Waals surface area contributed by atoms with Gasteiger partial charge in [0.05, 0.1) is 17.4 Å². The Morgan fingerprint density at radius 1 is 1.35 bits per heavy atom. The summed E-state index contributed by atoms with van der Waals surface area (Å²) in [6, 6.07) is 7.53. The maximum Gasteiger partial charge on any atom is 0.243 e. The number of pyridine rings is 1. The molecule has 0 spiro atoms. The topological polar surface area (TPSA) is 71.8 Å². The van der Waals surface area contributed by atoms with Gasteiger partial charge in [-0.05, 0) is 55.6 Å². The lowest BCUT2D eigenvalue weighted by atomic mass is 9.96. The van der Waals surface area contributed by atoms with E-state index in [2.05, 4.69) is 20.6 Å². The number of carbonyl (C=O) groups excluding carboxylic acids is 1. The van der Waals surface area contributed by atoms with Crippen molar-refractivity contribution in [3.63, 3.8) is 0 Å². The van der Waals surface area contributed by atoms with Gasteiger partial charge in [0.25, 0.3) is 0 Å². The minimum atomic E-state index is -0.322. The first-order valence-electron chi connectivity index (χ1n) is 9.01. The predicted molar refractivity (Wildman–Crippen MR) is 101 cm³/mol. The first-order chi connectivity index (χ1) is 12.6. The van der Waals surface area contributed by atoms with E-state index >= 15 is 0 Å². The molecule has 6 heteroatoms. The lowest BCUT2D eigenvalue weighted by Gasteiger charge is -2.22. The minimum absolute atomic E-state index is 0.0147.